The lowest BCUT2D eigenvalue weighted by molar-refractivity contribution is 0.000318. The summed E-state index contributed by atoms with van der Waals surface area (Å²) in [5, 5.41) is 1.76. The molecule has 3 nitrogen and oxygen atoms in total. The van der Waals surface area contributed by atoms with E-state index in [1.165, 1.54) is 43.3 Å². The quantitative estimate of drug-likeness (QED) is 0.760. The first-order valence-corrected chi connectivity index (χ1v) is 9.43. The Kier molecular flexibility index (Phi) is 4.40. The molecule has 4 atom stereocenters. The summed E-state index contributed by atoms with van der Waals surface area (Å²) < 4.78 is 5.40. The molecule has 5 rings (SSSR count). The van der Waals surface area contributed by atoms with Crippen LogP contribution in [0.2, 0.25) is 5.15 Å². The minimum Gasteiger partial charge on any atom is -0.497 e. The Bertz CT molecular complexity index is 748. The summed E-state index contributed by atoms with van der Waals surface area (Å²) in [7, 11) is 1.71. The van der Waals surface area contributed by atoms with E-state index < -0.39 is 0 Å². The number of hydrogen-bond donors (Lipinski definition) is 0. The summed E-state index contributed by atoms with van der Waals surface area (Å²) in [5.41, 5.74) is 2.26. The zero-order valence-electron chi connectivity index (χ0n) is 14.5. The maximum Gasteiger partial charge on any atom is 0.130 e. The highest BCUT2D eigenvalue weighted by Crippen LogP contribution is 2.39. The number of halogens is 1. The van der Waals surface area contributed by atoms with Gasteiger partial charge in [-0.3, -0.25) is 4.90 Å². The molecular formula is C20H25ClN2O. The van der Waals surface area contributed by atoms with E-state index in [0.717, 1.165) is 29.5 Å². The summed E-state index contributed by atoms with van der Waals surface area (Å²) >= 11 is 6.28. The first kappa shape index (κ1) is 16.2. The molecule has 2 bridgehead atoms. The molecule has 3 fully saturated rings. The van der Waals surface area contributed by atoms with E-state index in [9.17, 15) is 0 Å². The van der Waals surface area contributed by atoms with Crippen LogP contribution in [-0.2, 0) is 6.42 Å². The fraction of sp³-hybridized carbons (Fsp3) is 0.550. The van der Waals surface area contributed by atoms with Crippen molar-refractivity contribution >= 4 is 22.5 Å². The third-order valence-electron chi connectivity index (χ3n) is 6.06. The lowest BCUT2D eigenvalue weighted by atomic mass is 9.73. The predicted octanol–water partition coefficient (Wildman–Crippen LogP) is 4.56. The van der Waals surface area contributed by atoms with Gasteiger partial charge in [-0.05, 0) is 67.5 Å². The van der Waals surface area contributed by atoms with Crippen LogP contribution in [0, 0.1) is 11.8 Å². The molecule has 0 saturated carbocycles. The largest absolute Gasteiger partial charge is 0.497 e. The van der Waals surface area contributed by atoms with Crippen LogP contribution in [0.3, 0.4) is 0 Å². The third kappa shape index (κ3) is 2.89. The summed E-state index contributed by atoms with van der Waals surface area (Å²) in [6.45, 7) is 4.86. The molecule has 0 aliphatic carbocycles. The van der Waals surface area contributed by atoms with E-state index in [0.29, 0.717) is 11.2 Å². The number of nitrogens with zero attached hydrogens (tertiary/aromatic N) is 2. The minimum absolute atomic E-state index is 0.588. The van der Waals surface area contributed by atoms with E-state index in [2.05, 4.69) is 22.9 Å². The monoisotopic (exact) mass is 344 g/mol. The van der Waals surface area contributed by atoms with Gasteiger partial charge in [-0.2, -0.15) is 0 Å². The Morgan fingerprint density at radius 1 is 1.33 bits per heavy atom. The number of aromatic nitrogens is 1. The van der Waals surface area contributed by atoms with Gasteiger partial charge in [0, 0.05) is 18.0 Å². The van der Waals surface area contributed by atoms with Crippen LogP contribution >= 0.6 is 11.6 Å². The van der Waals surface area contributed by atoms with Gasteiger partial charge in [0.05, 0.1) is 12.6 Å². The van der Waals surface area contributed by atoms with Gasteiger partial charge in [-0.1, -0.05) is 24.9 Å². The van der Waals surface area contributed by atoms with Gasteiger partial charge in [0.1, 0.15) is 10.9 Å². The number of rotatable bonds is 4. The van der Waals surface area contributed by atoms with Crippen molar-refractivity contribution < 1.29 is 4.74 Å². The molecule has 0 N–H and O–H groups in total. The summed E-state index contributed by atoms with van der Waals surface area (Å²) in [5.74, 6) is 2.68. The number of piperidine rings is 3. The Hall–Kier alpha value is -1.32. The van der Waals surface area contributed by atoms with Crippen LogP contribution in [0.1, 0.15) is 31.7 Å². The fourth-order valence-electron chi connectivity index (χ4n) is 4.71. The second kappa shape index (κ2) is 6.53. The van der Waals surface area contributed by atoms with Gasteiger partial charge >= 0.3 is 0 Å². The first-order chi connectivity index (χ1) is 11.7. The molecule has 1 aromatic carbocycles. The van der Waals surface area contributed by atoms with Gasteiger partial charge in [-0.15, -0.1) is 0 Å². The van der Waals surface area contributed by atoms with E-state index in [1.54, 1.807) is 7.11 Å². The average molecular weight is 345 g/mol. The molecule has 2 aromatic rings. The van der Waals surface area contributed by atoms with Crippen molar-refractivity contribution in [2.45, 2.75) is 38.6 Å². The van der Waals surface area contributed by atoms with Gasteiger partial charge in [0.25, 0.3) is 0 Å². The molecule has 4 heteroatoms. The van der Waals surface area contributed by atoms with E-state index in [-0.39, 0.29) is 0 Å². The maximum atomic E-state index is 6.28. The van der Waals surface area contributed by atoms with Crippen molar-refractivity contribution in [1.82, 2.24) is 9.88 Å². The molecule has 3 aliphatic heterocycles. The molecule has 4 heterocycles. The topological polar surface area (TPSA) is 25.4 Å². The highest BCUT2D eigenvalue weighted by Gasteiger charge is 2.39. The molecule has 24 heavy (non-hydrogen) atoms. The number of fused-ring (bicyclic) bond motifs is 4. The van der Waals surface area contributed by atoms with Crippen molar-refractivity contribution in [3.63, 3.8) is 0 Å². The van der Waals surface area contributed by atoms with Gasteiger partial charge in [0.2, 0.25) is 0 Å². The maximum absolute atomic E-state index is 6.28. The minimum atomic E-state index is 0.588. The Morgan fingerprint density at radius 3 is 2.92 bits per heavy atom. The number of methoxy groups -OCH3 is 1. The van der Waals surface area contributed by atoms with Crippen molar-refractivity contribution in [3.8, 4) is 5.75 Å². The van der Waals surface area contributed by atoms with E-state index in [1.807, 2.05) is 18.2 Å². The highest BCUT2D eigenvalue weighted by molar-refractivity contribution is 6.29. The molecule has 128 valence electrons. The molecule has 4 unspecified atom stereocenters. The average Bonchev–Trinajstić information content (AvgIpc) is 2.61. The summed E-state index contributed by atoms with van der Waals surface area (Å²) in [6.07, 6.45) is 5.07. The van der Waals surface area contributed by atoms with Crippen LogP contribution in [0.5, 0.6) is 5.75 Å². The standard InChI is InChI=1S/C20H25ClN2O/c1-3-13-12-23-7-6-14(13)8-16(23)9-15-10-20(21)22-19-5-4-17(24-2)11-18(15)19/h4-5,10-11,13-14,16H,3,6-9,12H2,1-2H3. The zero-order chi connectivity index (χ0) is 16.7. The Morgan fingerprint density at radius 2 is 2.21 bits per heavy atom. The Labute approximate surface area is 149 Å². The number of benzene rings is 1. The zero-order valence-corrected chi connectivity index (χ0v) is 15.2. The van der Waals surface area contributed by atoms with Gasteiger partial charge in [0.15, 0.2) is 0 Å². The fourth-order valence-corrected chi connectivity index (χ4v) is 4.94. The van der Waals surface area contributed by atoms with E-state index >= 15 is 0 Å². The first-order valence-electron chi connectivity index (χ1n) is 9.05. The summed E-state index contributed by atoms with van der Waals surface area (Å²) in [4.78, 5) is 7.18. The second-order valence-corrected chi connectivity index (χ2v) is 7.68. The van der Waals surface area contributed by atoms with Gasteiger partial charge < -0.3 is 4.74 Å². The number of ether oxygens (including phenoxy) is 1. The molecule has 3 aliphatic rings. The molecule has 1 aromatic heterocycles. The number of hydrogen-bond acceptors (Lipinski definition) is 3. The lowest BCUT2D eigenvalue weighted by Crippen LogP contribution is -2.53. The van der Waals surface area contributed by atoms with Crippen molar-refractivity contribution in [2.75, 3.05) is 20.2 Å². The SMILES string of the molecule is CCC1CN2CCC1CC2Cc1cc(Cl)nc2ccc(OC)cc12. The van der Waals surface area contributed by atoms with Crippen LogP contribution in [-0.4, -0.2) is 36.1 Å². The van der Waals surface area contributed by atoms with E-state index in [4.69, 9.17) is 16.3 Å². The van der Waals surface area contributed by atoms with Crippen LogP contribution in [0.25, 0.3) is 10.9 Å². The molecule has 0 spiro atoms. The van der Waals surface area contributed by atoms with Crippen molar-refractivity contribution in [3.05, 3.63) is 35.0 Å². The van der Waals surface area contributed by atoms with Crippen LogP contribution in [0.4, 0.5) is 0 Å². The summed E-state index contributed by atoms with van der Waals surface area (Å²) in [6, 6.07) is 8.74. The normalized spacial score (nSPS) is 29.1. The van der Waals surface area contributed by atoms with Crippen LogP contribution in [0.15, 0.2) is 24.3 Å². The third-order valence-corrected chi connectivity index (χ3v) is 6.26. The molecule has 0 radical (unpaired) electrons. The molecule has 0 amide bonds. The Balaban J connectivity index is 1.65. The smallest absolute Gasteiger partial charge is 0.130 e. The molecule has 3 saturated heterocycles. The van der Waals surface area contributed by atoms with Crippen molar-refractivity contribution in [2.24, 2.45) is 11.8 Å². The lowest BCUT2D eigenvalue weighted by Gasteiger charge is -2.50. The number of pyridine rings is 1. The second-order valence-electron chi connectivity index (χ2n) is 7.29. The van der Waals surface area contributed by atoms with Gasteiger partial charge in [-0.25, -0.2) is 4.98 Å². The van der Waals surface area contributed by atoms with Crippen LogP contribution < -0.4 is 4.74 Å². The highest BCUT2D eigenvalue weighted by atomic mass is 35.5. The molecular weight excluding hydrogens is 320 g/mol. The van der Waals surface area contributed by atoms with Crippen molar-refractivity contribution in [1.29, 1.82) is 0 Å². The predicted molar refractivity (Wildman–Crippen MR) is 98.9 cm³/mol.